The van der Waals surface area contributed by atoms with Crippen LogP contribution in [0, 0.1) is 19.8 Å². The van der Waals surface area contributed by atoms with Gasteiger partial charge in [0.2, 0.25) is 0 Å². The molecule has 2 aromatic carbocycles. The molecule has 1 aliphatic rings. The van der Waals surface area contributed by atoms with Crippen molar-refractivity contribution in [3.63, 3.8) is 0 Å². The summed E-state index contributed by atoms with van der Waals surface area (Å²) in [6.45, 7) is 7.02. The summed E-state index contributed by atoms with van der Waals surface area (Å²) in [5.74, 6) is 1.19. The van der Waals surface area contributed by atoms with E-state index in [1.807, 2.05) is 50.2 Å². The Balaban J connectivity index is 1.42. The summed E-state index contributed by atoms with van der Waals surface area (Å²) in [6, 6.07) is 15.8. The Morgan fingerprint density at radius 1 is 1.14 bits per heavy atom. The van der Waals surface area contributed by atoms with E-state index in [-0.39, 0.29) is 11.9 Å². The molecule has 2 atom stereocenters. The molecule has 180 valence electrons. The molecule has 0 radical (unpaired) electrons. The lowest BCUT2D eigenvalue weighted by Gasteiger charge is -2.40. The average molecular weight is 488 g/mol. The largest absolute Gasteiger partial charge is 0.441 e. The monoisotopic (exact) mass is 487 g/mol. The Morgan fingerprint density at radius 2 is 2.00 bits per heavy atom. The molecular weight excluding hydrogens is 458 g/mol. The number of rotatable bonds is 5. The number of aryl methyl sites for hydroxylation is 3. The highest BCUT2D eigenvalue weighted by atomic mass is 35.5. The van der Waals surface area contributed by atoms with Gasteiger partial charge in [0, 0.05) is 41.5 Å². The molecule has 4 aromatic rings. The van der Waals surface area contributed by atoms with E-state index in [0.717, 1.165) is 64.9 Å². The molecule has 2 aromatic heterocycles. The Morgan fingerprint density at radius 3 is 2.83 bits per heavy atom. The number of hydrogen-bond donors (Lipinski definition) is 0. The molecule has 0 saturated carbocycles. The van der Waals surface area contributed by atoms with Crippen molar-refractivity contribution >= 4 is 28.6 Å². The van der Waals surface area contributed by atoms with Crippen LogP contribution in [0.3, 0.4) is 0 Å². The van der Waals surface area contributed by atoms with Crippen LogP contribution in [0.1, 0.15) is 53.7 Å². The first-order valence-corrected chi connectivity index (χ1v) is 12.7. The number of nitrogens with zero attached hydrogens (tertiary/aromatic N) is 3. The van der Waals surface area contributed by atoms with Crippen LogP contribution < -0.4 is 0 Å². The summed E-state index contributed by atoms with van der Waals surface area (Å²) in [6.07, 6.45) is 5.42. The van der Waals surface area contributed by atoms with Crippen molar-refractivity contribution in [2.24, 2.45) is 5.92 Å². The molecule has 5 rings (SSSR count). The molecule has 6 heteroatoms. The summed E-state index contributed by atoms with van der Waals surface area (Å²) in [5, 5.41) is 0.647. The van der Waals surface area contributed by atoms with Gasteiger partial charge in [-0.3, -0.25) is 9.78 Å². The van der Waals surface area contributed by atoms with E-state index in [2.05, 4.69) is 33.9 Å². The van der Waals surface area contributed by atoms with Gasteiger partial charge in [-0.05, 0) is 86.6 Å². The van der Waals surface area contributed by atoms with Crippen LogP contribution in [-0.4, -0.2) is 33.4 Å². The number of carbonyl (C=O) groups is 1. The predicted molar refractivity (Wildman–Crippen MR) is 140 cm³/mol. The molecule has 1 saturated heterocycles. The van der Waals surface area contributed by atoms with Crippen LogP contribution in [-0.2, 0) is 6.42 Å². The van der Waals surface area contributed by atoms with Crippen LogP contribution in [0.2, 0.25) is 5.02 Å². The maximum atomic E-state index is 14.0. The van der Waals surface area contributed by atoms with E-state index >= 15 is 0 Å². The van der Waals surface area contributed by atoms with Crippen molar-refractivity contribution in [1.29, 1.82) is 0 Å². The zero-order chi connectivity index (χ0) is 24.5. The van der Waals surface area contributed by atoms with Crippen molar-refractivity contribution in [2.75, 3.05) is 6.54 Å². The number of benzene rings is 2. The van der Waals surface area contributed by atoms with Gasteiger partial charge >= 0.3 is 0 Å². The highest BCUT2D eigenvalue weighted by Crippen LogP contribution is 2.32. The lowest BCUT2D eigenvalue weighted by Crippen LogP contribution is -2.48. The molecule has 35 heavy (non-hydrogen) atoms. The summed E-state index contributed by atoms with van der Waals surface area (Å²) >= 11 is 6.11. The van der Waals surface area contributed by atoms with Crippen LogP contribution >= 0.6 is 11.6 Å². The van der Waals surface area contributed by atoms with Gasteiger partial charge in [-0.1, -0.05) is 36.2 Å². The summed E-state index contributed by atoms with van der Waals surface area (Å²) < 4.78 is 5.95. The Hall–Kier alpha value is -3.18. The van der Waals surface area contributed by atoms with E-state index in [1.54, 1.807) is 6.20 Å². The number of piperidine rings is 1. The second-order valence-electron chi connectivity index (χ2n) is 9.68. The van der Waals surface area contributed by atoms with Crippen LogP contribution in [0.4, 0.5) is 0 Å². The van der Waals surface area contributed by atoms with Gasteiger partial charge < -0.3 is 9.32 Å². The van der Waals surface area contributed by atoms with Gasteiger partial charge in [-0.2, -0.15) is 0 Å². The van der Waals surface area contributed by atoms with Crippen LogP contribution in [0.25, 0.3) is 22.2 Å². The number of aromatic nitrogens is 2. The second-order valence-corrected chi connectivity index (χ2v) is 10.1. The molecule has 0 unspecified atom stereocenters. The van der Waals surface area contributed by atoms with Gasteiger partial charge in [0.05, 0.1) is 0 Å². The first kappa shape index (κ1) is 23.6. The molecule has 0 bridgehead atoms. The molecule has 5 nitrogen and oxygen atoms in total. The Labute approximate surface area is 211 Å². The normalized spacial score (nSPS) is 18.2. The molecule has 1 aliphatic heterocycles. The van der Waals surface area contributed by atoms with Crippen LogP contribution in [0.15, 0.2) is 59.1 Å². The SMILES string of the molecule is Cc1ccc(-c2ccnc(C)c2)c(C(=O)N2CCC[C@@H](C)[C@H]2CCc2nc3cc(Cl)ccc3o2)c1. The fourth-order valence-corrected chi connectivity index (χ4v) is 5.39. The molecule has 0 N–H and O–H groups in total. The summed E-state index contributed by atoms with van der Waals surface area (Å²) in [7, 11) is 0. The number of amides is 1. The zero-order valence-electron chi connectivity index (χ0n) is 20.4. The standard InChI is InChI=1S/C29H30ClN3O2/c1-18-6-8-23(21-12-13-31-20(3)16-21)24(15-18)29(34)33-14-4-5-19(2)26(33)9-11-28-32-25-17-22(30)7-10-27(25)35-28/h6-8,10,12-13,15-17,19,26H,4-5,9,11,14H2,1-3H3/t19-,26-/m1/s1. The summed E-state index contributed by atoms with van der Waals surface area (Å²) in [4.78, 5) is 25.1. The fourth-order valence-electron chi connectivity index (χ4n) is 5.22. The molecule has 0 spiro atoms. The molecular formula is C29H30ClN3O2. The number of fused-ring (bicyclic) bond motifs is 1. The van der Waals surface area contributed by atoms with E-state index < -0.39 is 0 Å². The van der Waals surface area contributed by atoms with Crippen molar-refractivity contribution in [2.45, 2.75) is 52.5 Å². The highest BCUT2D eigenvalue weighted by molar-refractivity contribution is 6.31. The lowest BCUT2D eigenvalue weighted by molar-refractivity contribution is 0.0497. The number of likely N-dealkylation sites (tertiary alicyclic amines) is 1. The third-order valence-corrected chi connectivity index (χ3v) is 7.27. The summed E-state index contributed by atoms with van der Waals surface area (Å²) in [5.41, 5.74) is 6.26. The minimum atomic E-state index is 0.0964. The first-order chi connectivity index (χ1) is 16.9. The lowest BCUT2D eigenvalue weighted by atomic mass is 9.86. The minimum absolute atomic E-state index is 0.0964. The second kappa shape index (κ2) is 9.82. The number of pyridine rings is 1. The number of carbonyl (C=O) groups excluding carboxylic acids is 1. The smallest absolute Gasteiger partial charge is 0.254 e. The predicted octanol–water partition coefficient (Wildman–Crippen LogP) is 7.03. The Kier molecular flexibility index (Phi) is 6.61. The van der Waals surface area contributed by atoms with Crippen molar-refractivity contribution in [1.82, 2.24) is 14.9 Å². The third kappa shape index (κ3) is 4.96. The van der Waals surface area contributed by atoms with Gasteiger partial charge in [0.1, 0.15) is 5.52 Å². The molecule has 1 amide bonds. The van der Waals surface area contributed by atoms with Gasteiger partial charge in [0.15, 0.2) is 11.5 Å². The van der Waals surface area contributed by atoms with Gasteiger partial charge in [-0.25, -0.2) is 4.98 Å². The molecule has 3 heterocycles. The number of halogens is 1. The van der Waals surface area contributed by atoms with E-state index in [1.165, 1.54) is 0 Å². The van der Waals surface area contributed by atoms with Crippen molar-refractivity contribution in [3.8, 4) is 11.1 Å². The zero-order valence-corrected chi connectivity index (χ0v) is 21.2. The van der Waals surface area contributed by atoms with Gasteiger partial charge in [-0.15, -0.1) is 0 Å². The van der Waals surface area contributed by atoms with Crippen molar-refractivity contribution in [3.05, 3.63) is 82.5 Å². The maximum absolute atomic E-state index is 14.0. The topological polar surface area (TPSA) is 59.2 Å². The quantitative estimate of drug-likeness (QED) is 0.303. The van der Waals surface area contributed by atoms with Crippen molar-refractivity contribution < 1.29 is 9.21 Å². The minimum Gasteiger partial charge on any atom is -0.441 e. The van der Waals surface area contributed by atoms with E-state index in [0.29, 0.717) is 23.3 Å². The van der Waals surface area contributed by atoms with E-state index in [9.17, 15) is 4.79 Å². The van der Waals surface area contributed by atoms with E-state index in [4.69, 9.17) is 16.0 Å². The van der Waals surface area contributed by atoms with Crippen LogP contribution in [0.5, 0.6) is 0 Å². The Bertz CT molecular complexity index is 1380. The molecule has 1 fully saturated rings. The maximum Gasteiger partial charge on any atom is 0.254 e. The fraction of sp³-hybridized carbons (Fsp3) is 0.345. The highest BCUT2D eigenvalue weighted by Gasteiger charge is 2.33. The third-order valence-electron chi connectivity index (χ3n) is 7.04. The van der Waals surface area contributed by atoms with Gasteiger partial charge in [0.25, 0.3) is 5.91 Å². The average Bonchev–Trinajstić information content (AvgIpc) is 3.24. The molecule has 0 aliphatic carbocycles. The number of oxazole rings is 1. The number of hydrogen-bond acceptors (Lipinski definition) is 4. The first-order valence-electron chi connectivity index (χ1n) is 12.3.